The standard InChI is InChI=1S/C16H19N3O7/c1-3-25-14-11(12(21)13(14)22)17-5-9-8(20)4-10(26-9)19-6-7(2)15(23)18-16(19)24/h6,8-10,17,20H,3-5H2,1-2H3,(H,18,23,24)/t8-,9+,10+/m0/s1. The van der Waals surface area contributed by atoms with Crippen molar-refractivity contribution in [2.45, 2.75) is 38.7 Å². The molecule has 0 aliphatic carbocycles. The van der Waals surface area contributed by atoms with Gasteiger partial charge in [-0.25, -0.2) is 4.79 Å². The van der Waals surface area contributed by atoms with Crippen LogP contribution in [0.4, 0.5) is 5.69 Å². The third-order valence-corrected chi connectivity index (χ3v) is 4.30. The molecular weight excluding hydrogens is 346 g/mol. The lowest BCUT2D eigenvalue weighted by molar-refractivity contribution is -0.0132. The van der Waals surface area contributed by atoms with Crippen LogP contribution in [0.1, 0.15) is 25.1 Å². The second-order valence-electron chi connectivity index (χ2n) is 6.09. The van der Waals surface area contributed by atoms with E-state index in [0.29, 0.717) is 5.56 Å². The Kier molecular flexibility index (Phi) is 4.79. The van der Waals surface area contributed by atoms with Gasteiger partial charge in [-0.2, -0.15) is 0 Å². The van der Waals surface area contributed by atoms with Crippen LogP contribution in [0.15, 0.2) is 25.4 Å². The van der Waals surface area contributed by atoms with E-state index in [1.54, 1.807) is 13.8 Å². The summed E-state index contributed by atoms with van der Waals surface area (Å²) in [6, 6.07) is 0. The number of aromatic amines is 1. The molecule has 3 rings (SSSR count). The second kappa shape index (κ2) is 6.89. The minimum atomic E-state index is -0.895. The predicted molar refractivity (Wildman–Crippen MR) is 91.6 cm³/mol. The molecule has 2 heterocycles. The van der Waals surface area contributed by atoms with Crippen molar-refractivity contribution in [3.05, 3.63) is 53.0 Å². The predicted octanol–water partition coefficient (Wildman–Crippen LogP) is -1.40. The van der Waals surface area contributed by atoms with E-state index >= 15 is 0 Å². The molecule has 140 valence electrons. The molecule has 3 N–H and O–H groups in total. The molecule has 1 saturated heterocycles. The molecule has 1 aliphatic rings. The van der Waals surface area contributed by atoms with Gasteiger partial charge in [-0.15, -0.1) is 0 Å². The number of aromatic nitrogens is 2. The number of hydrogen-bond donors (Lipinski definition) is 3. The van der Waals surface area contributed by atoms with E-state index in [-0.39, 0.29) is 31.0 Å². The largest absolute Gasteiger partial charge is 0.488 e. The van der Waals surface area contributed by atoms with Gasteiger partial charge >= 0.3 is 5.69 Å². The molecule has 1 aliphatic heterocycles. The first-order valence-electron chi connectivity index (χ1n) is 8.19. The molecule has 1 aromatic heterocycles. The molecule has 10 nitrogen and oxygen atoms in total. The highest BCUT2D eigenvalue weighted by atomic mass is 16.5. The van der Waals surface area contributed by atoms with Crippen LogP contribution in [0.5, 0.6) is 5.75 Å². The summed E-state index contributed by atoms with van der Waals surface area (Å²) in [5.74, 6) is -0.0194. The summed E-state index contributed by atoms with van der Waals surface area (Å²) in [5.41, 5.74) is -2.07. The Labute approximate surface area is 146 Å². The molecular formula is C16H19N3O7. The van der Waals surface area contributed by atoms with E-state index in [4.69, 9.17) is 9.47 Å². The fraction of sp³-hybridized carbons (Fsp3) is 0.500. The Bertz CT molecular complexity index is 999. The van der Waals surface area contributed by atoms with Gasteiger partial charge < -0.3 is 19.9 Å². The first-order valence-corrected chi connectivity index (χ1v) is 8.19. The summed E-state index contributed by atoms with van der Waals surface area (Å²) >= 11 is 0. The summed E-state index contributed by atoms with van der Waals surface area (Å²) < 4.78 is 12.0. The van der Waals surface area contributed by atoms with Gasteiger partial charge in [-0.05, 0) is 13.8 Å². The Morgan fingerprint density at radius 3 is 2.77 bits per heavy atom. The molecule has 0 amide bonds. The topological polar surface area (TPSA) is 140 Å². The first kappa shape index (κ1) is 18.1. The zero-order chi connectivity index (χ0) is 19.0. The first-order chi connectivity index (χ1) is 12.3. The zero-order valence-electron chi connectivity index (χ0n) is 14.3. The third-order valence-electron chi connectivity index (χ3n) is 4.30. The number of anilines is 1. The maximum atomic E-state index is 11.9. The van der Waals surface area contributed by atoms with Crippen molar-refractivity contribution in [3.63, 3.8) is 0 Å². The van der Waals surface area contributed by atoms with Gasteiger partial charge in [0.05, 0.1) is 12.7 Å². The molecule has 10 heteroatoms. The van der Waals surface area contributed by atoms with Gasteiger partial charge in [0.15, 0.2) is 5.75 Å². The van der Waals surface area contributed by atoms with Gasteiger partial charge in [0.1, 0.15) is 18.0 Å². The van der Waals surface area contributed by atoms with Crippen molar-refractivity contribution >= 4 is 5.69 Å². The average molecular weight is 365 g/mol. The van der Waals surface area contributed by atoms with Gasteiger partial charge in [-0.1, -0.05) is 0 Å². The van der Waals surface area contributed by atoms with E-state index in [1.807, 2.05) is 0 Å². The Morgan fingerprint density at radius 1 is 1.35 bits per heavy atom. The molecule has 1 aromatic carbocycles. The van der Waals surface area contributed by atoms with E-state index in [0.717, 1.165) is 0 Å². The number of H-pyrrole nitrogens is 1. The highest BCUT2D eigenvalue weighted by molar-refractivity contribution is 5.61. The van der Waals surface area contributed by atoms with Crippen molar-refractivity contribution in [1.29, 1.82) is 0 Å². The van der Waals surface area contributed by atoms with Crippen LogP contribution in [-0.4, -0.2) is 40.0 Å². The molecule has 3 atom stereocenters. The molecule has 0 saturated carbocycles. The lowest BCUT2D eigenvalue weighted by Gasteiger charge is -2.19. The second-order valence-corrected chi connectivity index (χ2v) is 6.09. The normalized spacial score (nSPS) is 22.7. The maximum absolute atomic E-state index is 11.9. The van der Waals surface area contributed by atoms with Crippen molar-refractivity contribution in [1.82, 2.24) is 9.55 Å². The van der Waals surface area contributed by atoms with Gasteiger partial charge in [-0.3, -0.25) is 23.9 Å². The Balaban J connectivity index is 1.71. The van der Waals surface area contributed by atoms with E-state index in [1.165, 1.54) is 10.8 Å². The van der Waals surface area contributed by atoms with Crippen molar-refractivity contribution in [2.24, 2.45) is 0 Å². The van der Waals surface area contributed by atoms with Crippen LogP contribution < -0.4 is 32.2 Å². The van der Waals surface area contributed by atoms with Crippen molar-refractivity contribution < 1.29 is 14.6 Å². The number of nitrogens with zero attached hydrogens (tertiary/aromatic N) is 1. The summed E-state index contributed by atoms with van der Waals surface area (Å²) in [4.78, 5) is 48.6. The molecule has 26 heavy (non-hydrogen) atoms. The summed E-state index contributed by atoms with van der Waals surface area (Å²) in [6.07, 6.45) is -0.842. The van der Waals surface area contributed by atoms with Crippen LogP contribution in [0.3, 0.4) is 0 Å². The average Bonchev–Trinajstić information content (AvgIpc) is 2.97. The minimum absolute atomic E-state index is 0.0194. The number of aliphatic hydroxyl groups is 1. The Morgan fingerprint density at radius 2 is 2.08 bits per heavy atom. The zero-order valence-corrected chi connectivity index (χ0v) is 14.3. The number of hydrogen-bond acceptors (Lipinski definition) is 8. The van der Waals surface area contributed by atoms with Gasteiger partial charge in [0.25, 0.3) is 16.4 Å². The Hall–Kier alpha value is -2.72. The van der Waals surface area contributed by atoms with Crippen LogP contribution in [0, 0.1) is 6.92 Å². The molecule has 0 radical (unpaired) electrons. The quantitative estimate of drug-likeness (QED) is 0.531. The van der Waals surface area contributed by atoms with E-state index in [9.17, 15) is 24.3 Å². The van der Waals surface area contributed by atoms with Crippen LogP contribution >= 0.6 is 0 Å². The molecule has 0 unspecified atom stereocenters. The highest BCUT2D eigenvalue weighted by Gasteiger charge is 2.36. The summed E-state index contributed by atoms with van der Waals surface area (Å²) in [5, 5.41) is 12.9. The number of nitrogens with one attached hydrogen (secondary N) is 2. The number of rotatable bonds is 6. The molecule has 1 fully saturated rings. The summed E-state index contributed by atoms with van der Waals surface area (Å²) in [6.45, 7) is 3.55. The number of ether oxygens (including phenoxy) is 2. The monoisotopic (exact) mass is 365 g/mol. The van der Waals surface area contributed by atoms with Gasteiger partial charge in [0.2, 0.25) is 0 Å². The fourth-order valence-electron chi connectivity index (χ4n) is 2.89. The third kappa shape index (κ3) is 3.08. The van der Waals surface area contributed by atoms with Crippen molar-refractivity contribution in [2.75, 3.05) is 18.5 Å². The van der Waals surface area contributed by atoms with E-state index in [2.05, 4.69) is 10.3 Å². The summed E-state index contributed by atoms with van der Waals surface area (Å²) in [7, 11) is 0. The smallest absolute Gasteiger partial charge is 0.330 e. The van der Waals surface area contributed by atoms with Crippen LogP contribution in [0.25, 0.3) is 0 Å². The number of aryl methyl sites for hydroxylation is 1. The molecule has 2 aromatic rings. The molecule has 0 spiro atoms. The van der Waals surface area contributed by atoms with Crippen LogP contribution in [0.2, 0.25) is 0 Å². The highest BCUT2D eigenvalue weighted by Crippen LogP contribution is 2.28. The fourth-order valence-corrected chi connectivity index (χ4v) is 2.89. The lowest BCUT2D eigenvalue weighted by Crippen LogP contribution is -2.39. The number of aliphatic hydroxyl groups excluding tert-OH is 1. The van der Waals surface area contributed by atoms with E-state index < -0.39 is 40.5 Å². The van der Waals surface area contributed by atoms with Gasteiger partial charge in [0, 0.05) is 24.7 Å². The molecule has 0 bridgehead atoms. The minimum Gasteiger partial charge on any atom is -0.488 e. The van der Waals surface area contributed by atoms with Crippen LogP contribution in [-0.2, 0) is 4.74 Å². The lowest BCUT2D eigenvalue weighted by atomic mass is 10.1. The van der Waals surface area contributed by atoms with Crippen molar-refractivity contribution in [3.8, 4) is 5.75 Å². The maximum Gasteiger partial charge on any atom is 0.330 e. The SMILES string of the molecule is CCOc1c(NC[C@H]2O[C@@H](n3cc(C)c(=O)[nH]c3=O)C[C@@H]2O)c(=O)c1=O.